The number of nitrogens with zero attached hydrogens (tertiary/aromatic N) is 3. The van der Waals surface area contributed by atoms with Crippen LogP contribution in [0.1, 0.15) is 18.9 Å². The van der Waals surface area contributed by atoms with Gasteiger partial charge in [0.15, 0.2) is 11.7 Å². The van der Waals surface area contributed by atoms with Gasteiger partial charge in [-0.1, -0.05) is 38.9 Å². The first-order valence-electron chi connectivity index (χ1n) is 9.18. The number of hydrogen-bond acceptors (Lipinski definition) is 6. The summed E-state index contributed by atoms with van der Waals surface area (Å²) in [5.41, 5.74) is 1.42. The third-order valence-corrected chi connectivity index (χ3v) is 6.85. The third kappa shape index (κ3) is 4.03. The van der Waals surface area contributed by atoms with E-state index < -0.39 is 5.97 Å². The molecule has 0 bridgehead atoms. The molecule has 0 saturated carbocycles. The minimum absolute atomic E-state index is 0.237. The number of carbonyl (C=O) groups excluding carboxylic acids is 3. The van der Waals surface area contributed by atoms with E-state index in [0.29, 0.717) is 35.5 Å². The number of fused-ring (bicyclic) bond motifs is 2. The Balaban J connectivity index is 1.57. The number of urea groups is 1. The largest absolute Gasteiger partial charge is 0.456 e. The molecule has 1 unspecified atom stereocenters. The monoisotopic (exact) mass is 512 g/mol. The minimum atomic E-state index is -0.488. The maximum atomic E-state index is 13.0. The Morgan fingerprint density at radius 3 is 2.87 bits per heavy atom. The predicted molar refractivity (Wildman–Crippen MR) is 117 cm³/mol. The molecule has 0 radical (unpaired) electrons. The van der Waals surface area contributed by atoms with Crippen LogP contribution in [0.4, 0.5) is 15.6 Å². The summed E-state index contributed by atoms with van der Waals surface area (Å²) in [5.74, 6) is -0.725. The molecule has 4 rings (SSSR count). The molecule has 1 fully saturated rings. The van der Waals surface area contributed by atoms with Gasteiger partial charge in [0.1, 0.15) is 4.34 Å². The number of carbonyl (C=O) groups is 3. The highest BCUT2D eigenvalue weighted by Gasteiger charge is 2.50. The van der Waals surface area contributed by atoms with E-state index in [1.807, 2.05) is 18.2 Å². The van der Waals surface area contributed by atoms with E-state index in [4.69, 9.17) is 16.3 Å². The molecule has 1 N–H and O–H groups in total. The van der Waals surface area contributed by atoms with Crippen LogP contribution in [0.2, 0.25) is 4.34 Å². The Kier molecular flexibility index (Phi) is 5.73. The number of ether oxygens (including phenoxy) is 1. The SMILES string of the molecule is CC(=O)OCC(=O)N1CCC2(C1)CN(C(=O)Nc1ncc(Cl)s1)c1ccc(Br)cc12. The first-order chi connectivity index (χ1) is 14.3. The fraction of sp³-hybridized carbons (Fsp3) is 0.368. The molecule has 1 aromatic heterocycles. The molecule has 1 spiro atoms. The van der Waals surface area contributed by atoms with E-state index in [9.17, 15) is 14.4 Å². The van der Waals surface area contributed by atoms with Crippen molar-refractivity contribution in [1.29, 1.82) is 0 Å². The van der Waals surface area contributed by atoms with Gasteiger partial charge in [-0.2, -0.15) is 0 Å². The quantitative estimate of drug-likeness (QED) is 0.633. The summed E-state index contributed by atoms with van der Waals surface area (Å²) < 4.78 is 6.25. The number of hydrogen-bond donors (Lipinski definition) is 1. The van der Waals surface area contributed by atoms with Crippen molar-refractivity contribution in [2.75, 3.05) is 36.5 Å². The van der Waals surface area contributed by atoms with E-state index in [1.54, 1.807) is 9.80 Å². The van der Waals surface area contributed by atoms with Crippen LogP contribution in [0.15, 0.2) is 28.9 Å². The molecule has 0 aliphatic carbocycles. The summed E-state index contributed by atoms with van der Waals surface area (Å²) >= 11 is 10.6. The van der Waals surface area contributed by atoms with E-state index in [-0.39, 0.29) is 24.0 Å². The van der Waals surface area contributed by atoms with Gasteiger partial charge in [0.2, 0.25) is 0 Å². The number of benzene rings is 1. The summed E-state index contributed by atoms with van der Waals surface area (Å²) in [7, 11) is 0. The van der Waals surface area contributed by atoms with Crippen LogP contribution >= 0.6 is 38.9 Å². The lowest BCUT2D eigenvalue weighted by Gasteiger charge is -2.25. The molecule has 1 atom stereocenters. The number of anilines is 2. The van der Waals surface area contributed by atoms with Gasteiger partial charge < -0.3 is 9.64 Å². The fourth-order valence-corrected chi connectivity index (χ4v) is 5.15. The van der Waals surface area contributed by atoms with E-state index in [2.05, 4.69) is 26.2 Å². The molecule has 8 nitrogen and oxygen atoms in total. The van der Waals surface area contributed by atoms with Gasteiger partial charge in [-0.15, -0.1) is 0 Å². The van der Waals surface area contributed by atoms with Gasteiger partial charge in [-0.05, 0) is 30.2 Å². The van der Waals surface area contributed by atoms with Crippen LogP contribution < -0.4 is 10.2 Å². The number of likely N-dealkylation sites (tertiary alicyclic amines) is 1. The van der Waals surface area contributed by atoms with Gasteiger partial charge in [0.05, 0.1) is 6.20 Å². The molecule has 2 aliphatic heterocycles. The summed E-state index contributed by atoms with van der Waals surface area (Å²) in [6.07, 6.45) is 2.19. The molecule has 3 amide bonds. The number of thiazole rings is 1. The van der Waals surface area contributed by atoms with Crippen LogP contribution in [0, 0.1) is 0 Å². The van der Waals surface area contributed by atoms with Crippen molar-refractivity contribution >= 4 is 67.6 Å². The first-order valence-corrected chi connectivity index (χ1v) is 11.2. The van der Waals surface area contributed by atoms with Gasteiger partial charge in [0.25, 0.3) is 5.91 Å². The van der Waals surface area contributed by atoms with Crippen molar-refractivity contribution in [1.82, 2.24) is 9.88 Å². The number of nitrogens with one attached hydrogen (secondary N) is 1. The van der Waals surface area contributed by atoms with Crippen molar-refractivity contribution in [3.8, 4) is 0 Å². The molecule has 2 aliphatic rings. The molecular formula is C19H18BrClN4O4S. The van der Waals surface area contributed by atoms with Gasteiger partial charge in [-0.25, -0.2) is 9.78 Å². The van der Waals surface area contributed by atoms with Crippen LogP contribution in [0.5, 0.6) is 0 Å². The second-order valence-electron chi connectivity index (χ2n) is 7.27. The minimum Gasteiger partial charge on any atom is -0.456 e. The molecule has 158 valence electrons. The molecule has 1 aromatic carbocycles. The zero-order valence-electron chi connectivity index (χ0n) is 16.0. The van der Waals surface area contributed by atoms with Crippen LogP contribution in [0.25, 0.3) is 0 Å². The van der Waals surface area contributed by atoms with Crippen molar-refractivity contribution in [2.45, 2.75) is 18.8 Å². The number of aromatic nitrogens is 1. The lowest BCUT2D eigenvalue weighted by molar-refractivity contribution is -0.149. The number of esters is 1. The van der Waals surface area contributed by atoms with Crippen LogP contribution in [-0.2, 0) is 19.7 Å². The standard InChI is InChI=1S/C19H18BrClN4O4S/c1-11(26)29-8-16(27)24-5-4-19(9-24)10-25(14-3-2-12(20)6-13(14)19)18(28)23-17-22-7-15(21)30-17/h2-3,6-7H,4-5,8-10H2,1H3,(H,22,23,28). The smallest absolute Gasteiger partial charge is 0.328 e. The van der Waals surface area contributed by atoms with Gasteiger partial charge >= 0.3 is 12.0 Å². The van der Waals surface area contributed by atoms with Gasteiger partial charge in [-0.3, -0.25) is 19.8 Å². The summed E-state index contributed by atoms with van der Waals surface area (Å²) in [6.45, 7) is 2.41. The maximum absolute atomic E-state index is 13.0. The highest BCUT2D eigenvalue weighted by Crippen LogP contribution is 2.47. The lowest BCUT2D eigenvalue weighted by Crippen LogP contribution is -2.42. The highest BCUT2D eigenvalue weighted by atomic mass is 79.9. The Labute approximate surface area is 190 Å². The molecule has 2 aromatic rings. The van der Waals surface area contributed by atoms with Crippen molar-refractivity contribution in [3.05, 3.63) is 38.8 Å². The van der Waals surface area contributed by atoms with Crippen molar-refractivity contribution in [2.24, 2.45) is 0 Å². The fourth-order valence-electron chi connectivity index (χ4n) is 3.98. The zero-order chi connectivity index (χ0) is 21.5. The number of halogens is 2. The average molecular weight is 514 g/mol. The predicted octanol–water partition coefficient (Wildman–Crippen LogP) is 3.64. The molecule has 3 heterocycles. The Hall–Kier alpha value is -2.17. The first kappa shape index (κ1) is 21.1. The Morgan fingerprint density at radius 2 is 2.17 bits per heavy atom. The van der Waals surface area contributed by atoms with E-state index in [0.717, 1.165) is 15.7 Å². The summed E-state index contributed by atoms with van der Waals surface area (Å²) in [5, 5.41) is 3.22. The zero-order valence-corrected chi connectivity index (χ0v) is 19.1. The molecule has 1 saturated heterocycles. The Morgan fingerprint density at radius 1 is 1.37 bits per heavy atom. The molecule has 30 heavy (non-hydrogen) atoms. The van der Waals surface area contributed by atoms with Crippen LogP contribution in [-0.4, -0.2) is 54.0 Å². The number of rotatable bonds is 3. The van der Waals surface area contributed by atoms with E-state index >= 15 is 0 Å². The normalized spacial score (nSPS) is 19.8. The second-order valence-corrected chi connectivity index (χ2v) is 9.85. The second kappa shape index (κ2) is 8.16. The van der Waals surface area contributed by atoms with Gasteiger partial charge in [0, 0.05) is 42.1 Å². The average Bonchev–Trinajstić information content (AvgIpc) is 3.39. The number of amides is 3. The summed E-state index contributed by atoms with van der Waals surface area (Å²) in [4.78, 5) is 43.9. The van der Waals surface area contributed by atoms with Crippen LogP contribution in [0.3, 0.4) is 0 Å². The molecule has 11 heteroatoms. The van der Waals surface area contributed by atoms with Crippen molar-refractivity contribution < 1.29 is 19.1 Å². The highest BCUT2D eigenvalue weighted by molar-refractivity contribution is 9.10. The van der Waals surface area contributed by atoms with Crippen molar-refractivity contribution in [3.63, 3.8) is 0 Å². The maximum Gasteiger partial charge on any atom is 0.328 e. The third-order valence-electron chi connectivity index (χ3n) is 5.32. The Bertz CT molecular complexity index is 1030. The molecular weight excluding hydrogens is 496 g/mol. The lowest BCUT2D eigenvalue weighted by atomic mass is 9.81. The summed E-state index contributed by atoms with van der Waals surface area (Å²) in [6, 6.07) is 5.48. The topological polar surface area (TPSA) is 91.8 Å². The van der Waals surface area contributed by atoms with E-state index in [1.165, 1.54) is 24.5 Å².